The molecule has 2 aromatic carbocycles. The Balaban J connectivity index is 1.48. The molecule has 0 aromatic heterocycles. The van der Waals surface area contributed by atoms with E-state index in [1.165, 1.54) is 9.80 Å². The van der Waals surface area contributed by atoms with Gasteiger partial charge in [0.15, 0.2) is 0 Å². The molecule has 200 valence electrons. The van der Waals surface area contributed by atoms with Crippen molar-refractivity contribution in [1.29, 1.82) is 10.8 Å². The number of anilines is 1. The van der Waals surface area contributed by atoms with Crippen molar-refractivity contribution < 1.29 is 22.8 Å². The van der Waals surface area contributed by atoms with Gasteiger partial charge < -0.3 is 15.1 Å². The summed E-state index contributed by atoms with van der Waals surface area (Å²) in [6.45, 7) is 2.08. The summed E-state index contributed by atoms with van der Waals surface area (Å²) in [7, 11) is 1.56. The number of rotatable bonds is 7. The predicted octanol–water partition coefficient (Wildman–Crippen LogP) is 5.01. The summed E-state index contributed by atoms with van der Waals surface area (Å²) in [4.78, 5) is 28.1. The van der Waals surface area contributed by atoms with Crippen molar-refractivity contribution in [1.82, 2.24) is 10.2 Å². The third-order valence-electron chi connectivity index (χ3n) is 8.29. The minimum absolute atomic E-state index is 0.0186. The van der Waals surface area contributed by atoms with Gasteiger partial charge in [0.1, 0.15) is 11.6 Å². The van der Waals surface area contributed by atoms with Crippen molar-refractivity contribution in [3.63, 3.8) is 0 Å². The molecule has 3 aliphatic rings. The fraction of sp³-hybridized carbons (Fsp3) is 0.429. The Labute approximate surface area is 219 Å². The van der Waals surface area contributed by atoms with Gasteiger partial charge >= 0.3 is 6.18 Å². The van der Waals surface area contributed by atoms with Crippen LogP contribution in [-0.2, 0) is 29.5 Å². The molecule has 0 atom stereocenters. The number of fused-ring (bicyclic) bond motifs is 1. The normalized spacial score (nSPS) is 19.4. The van der Waals surface area contributed by atoms with Crippen molar-refractivity contribution in [2.75, 3.05) is 11.9 Å². The molecule has 2 fully saturated rings. The summed E-state index contributed by atoms with van der Waals surface area (Å²) in [5.74, 6) is -0.448. The fourth-order valence-corrected chi connectivity index (χ4v) is 5.73. The number of carbonyl (C=O) groups is 2. The summed E-state index contributed by atoms with van der Waals surface area (Å²) >= 11 is 0. The maximum Gasteiger partial charge on any atom is 0.416 e. The zero-order chi connectivity index (χ0) is 27.5. The van der Waals surface area contributed by atoms with Gasteiger partial charge in [-0.1, -0.05) is 12.1 Å². The van der Waals surface area contributed by atoms with E-state index in [-0.39, 0.29) is 54.2 Å². The summed E-state index contributed by atoms with van der Waals surface area (Å²) < 4.78 is 42.3. The van der Waals surface area contributed by atoms with Gasteiger partial charge in [0, 0.05) is 43.2 Å². The lowest BCUT2D eigenvalue weighted by Gasteiger charge is -2.43. The molecular formula is C28H30F3N5O2. The smallest absolute Gasteiger partial charge is 0.324 e. The van der Waals surface area contributed by atoms with Crippen LogP contribution in [0.5, 0.6) is 0 Å². The predicted molar refractivity (Wildman–Crippen MR) is 138 cm³/mol. The third-order valence-corrected chi connectivity index (χ3v) is 8.29. The number of halogens is 3. The van der Waals surface area contributed by atoms with Gasteiger partial charge in [-0.15, -0.1) is 0 Å². The molecule has 3 N–H and O–H groups in total. The Hall–Kier alpha value is -3.53. The van der Waals surface area contributed by atoms with Crippen LogP contribution in [0.2, 0.25) is 0 Å². The average Bonchev–Trinajstić information content (AvgIpc) is 3.18. The summed E-state index contributed by atoms with van der Waals surface area (Å²) in [5, 5.41) is 19.4. The van der Waals surface area contributed by atoms with Crippen LogP contribution in [0, 0.1) is 10.8 Å². The number of carbonyl (C=O) groups excluding carboxylic acids is 2. The van der Waals surface area contributed by atoms with Crippen molar-refractivity contribution in [2.45, 2.75) is 69.2 Å². The number of Topliss-reactive ketones (excluding diaryl/α,β-unsaturated/α-hetero) is 1. The molecule has 0 radical (unpaired) electrons. The molecule has 0 spiro atoms. The second-order valence-electron chi connectivity index (χ2n) is 10.9. The number of hydrogen-bond donors (Lipinski definition) is 3. The molecule has 1 amide bonds. The number of likely N-dealkylation sites (N-methyl/N-ethyl adjacent to an activating group) is 1. The molecule has 0 unspecified atom stereocenters. The number of benzene rings is 2. The number of amidine groups is 1. The number of ketones is 1. The standard InChI is InChI=1S/C28H30F3N5O2/c1-26(7-4-8-26)34-14-17-9-21-22(23(10-17)28(29,30)31)15-36(24(21)38)19-6-3-5-18(11-19)27(12-20(37)13-27)25(33)35(2)16-32/h3,5-6,9-11,16,32-34H,4,7-8,12-15H2,1-2H3. The Bertz CT molecular complexity index is 1340. The summed E-state index contributed by atoms with van der Waals surface area (Å²) in [6, 6.07) is 9.47. The Morgan fingerprint density at radius 1 is 1.18 bits per heavy atom. The first-order chi connectivity index (χ1) is 17.9. The number of hydrogen-bond acceptors (Lipinski definition) is 5. The summed E-state index contributed by atoms with van der Waals surface area (Å²) in [6.07, 6.45) is -0.416. The molecule has 7 nitrogen and oxygen atoms in total. The highest BCUT2D eigenvalue weighted by Crippen LogP contribution is 2.45. The maximum absolute atomic E-state index is 14.1. The van der Waals surface area contributed by atoms with Gasteiger partial charge in [-0.05, 0) is 67.1 Å². The van der Waals surface area contributed by atoms with Crippen LogP contribution < -0.4 is 10.2 Å². The SMILES string of the molecule is CN(C=N)C(=N)C1(c2cccc(N3Cc4c(cc(CNC5(C)CCC5)cc4C(F)(F)F)C3=O)c2)CC(=O)C1. The minimum atomic E-state index is -4.61. The van der Waals surface area contributed by atoms with E-state index in [9.17, 15) is 22.8 Å². The van der Waals surface area contributed by atoms with Crippen molar-refractivity contribution in [2.24, 2.45) is 0 Å². The van der Waals surface area contributed by atoms with E-state index in [1.807, 2.05) is 0 Å². The van der Waals surface area contributed by atoms with Gasteiger partial charge in [0.25, 0.3) is 5.91 Å². The second kappa shape index (κ2) is 9.04. The van der Waals surface area contributed by atoms with E-state index in [0.29, 0.717) is 16.8 Å². The third kappa shape index (κ3) is 4.30. The first kappa shape index (κ1) is 26.1. The van der Waals surface area contributed by atoms with Crippen LogP contribution in [-0.4, -0.2) is 41.4 Å². The molecule has 5 rings (SSSR count). The van der Waals surface area contributed by atoms with Crippen molar-refractivity contribution in [3.05, 3.63) is 64.2 Å². The average molecular weight is 526 g/mol. The van der Waals surface area contributed by atoms with Crippen molar-refractivity contribution in [3.8, 4) is 0 Å². The molecular weight excluding hydrogens is 495 g/mol. The van der Waals surface area contributed by atoms with Gasteiger partial charge in [0.05, 0.1) is 23.9 Å². The van der Waals surface area contributed by atoms with Crippen LogP contribution >= 0.6 is 0 Å². The van der Waals surface area contributed by atoms with E-state index >= 15 is 0 Å². The molecule has 2 saturated carbocycles. The van der Waals surface area contributed by atoms with Gasteiger partial charge in [-0.2, -0.15) is 13.2 Å². The molecule has 10 heteroatoms. The lowest BCUT2D eigenvalue weighted by Crippen LogP contribution is -2.53. The van der Waals surface area contributed by atoms with E-state index in [0.717, 1.165) is 31.7 Å². The molecule has 1 heterocycles. The quantitative estimate of drug-likeness (QED) is 0.349. The largest absolute Gasteiger partial charge is 0.416 e. The van der Waals surface area contributed by atoms with E-state index in [4.69, 9.17) is 10.8 Å². The summed E-state index contributed by atoms with van der Waals surface area (Å²) in [5.41, 5.74) is -0.387. The van der Waals surface area contributed by atoms with Crippen LogP contribution in [0.1, 0.15) is 71.6 Å². The highest BCUT2D eigenvalue weighted by Gasteiger charge is 2.50. The topological polar surface area (TPSA) is 100 Å². The first-order valence-electron chi connectivity index (χ1n) is 12.6. The van der Waals surface area contributed by atoms with Gasteiger partial charge in [-0.25, -0.2) is 0 Å². The van der Waals surface area contributed by atoms with Crippen LogP contribution in [0.3, 0.4) is 0 Å². The zero-order valence-corrected chi connectivity index (χ0v) is 21.3. The molecule has 0 bridgehead atoms. The first-order valence-corrected chi connectivity index (χ1v) is 12.6. The Morgan fingerprint density at radius 2 is 1.89 bits per heavy atom. The van der Waals surface area contributed by atoms with Crippen LogP contribution in [0.4, 0.5) is 18.9 Å². The second-order valence-corrected chi connectivity index (χ2v) is 10.9. The van der Waals surface area contributed by atoms with Gasteiger partial charge in [0.2, 0.25) is 0 Å². The Morgan fingerprint density at radius 3 is 2.47 bits per heavy atom. The van der Waals surface area contributed by atoms with E-state index in [2.05, 4.69) is 12.2 Å². The molecule has 2 aliphatic carbocycles. The van der Waals surface area contributed by atoms with Crippen LogP contribution in [0.15, 0.2) is 36.4 Å². The molecule has 0 saturated heterocycles. The maximum atomic E-state index is 14.1. The fourth-order valence-electron chi connectivity index (χ4n) is 5.73. The molecule has 1 aliphatic heterocycles. The molecule has 2 aromatic rings. The zero-order valence-electron chi connectivity index (χ0n) is 21.3. The highest BCUT2D eigenvalue weighted by atomic mass is 19.4. The van der Waals surface area contributed by atoms with Gasteiger partial charge in [-0.3, -0.25) is 20.4 Å². The van der Waals surface area contributed by atoms with Crippen LogP contribution in [0.25, 0.3) is 0 Å². The lowest BCUT2D eigenvalue weighted by atomic mass is 9.62. The monoisotopic (exact) mass is 525 g/mol. The lowest BCUT2D eigenvalue weighted by molar-refractivity contribution is -0.138. The van der Waals surface area contributed by atoms with E-state index < -0.39 is 23.1 Å². The van der Waals surface area contributed by atoms with E-state index in [1.54, 1.807) is 37.4 Å². The number of amides is 1. The minimum Gasteiger partial charge on any atom is -0.324 e. The number of nitrogens with one attached hydrogen (secondary N) is 3. The Kier molecular flexibility index (Phi) is 6.21. The van der Waals surface area contributed by atoms with Crippen molar-refractivity contribution >= 4 is 29.6 Å². The molecule has 38 heavy (non-hydrogen) atoms. The highest BCUT2D eigenvalue weighted by molar-refractivity contribution is 6.11. The number of nitrogens with zero attached hydrogens (tertiary/aromatic N) is 2. The number of alkyl halides is 3.